The zero-order valence-electron chi connectivity index (χ0n) is 11.5. The number of hydrogen-bond acceptors (Lipinski definition) is 3. The van der Waals surface area contributed by atoms with Crippen LogP contribution in [0.3, 0.4) is 0 Å². The van der Waals surface area contributed by atoms with Crippen molar-refractivity contribution in [1.82, 2.24) is 0 Å². The van der Waals surface area contributed by atoms with Crippen molar-refractivity contribution in [2.45, 2.75) is 0 Å². The Balaban J connectivity index is 2.25. The first-order valence-corrected chi connectivity index (χ1v) is 7.02. The van der Waals surface area contributed by atoms with E-state index < -0.39 is 0 Å². The molecule has 3 rings (SSSR count). The lowest BCUT2D eigenvalue weighted by Crippen LogP contribution is -2.07. The highest BCUT2D eigenvalue weighted by Crippen LogP contribution is 2.33. The van der Waals surface area contributed by atoms with Crippen LogP contribution in [0.25, 0.3) is 11.1 Å². The molecule has 0 unspecified atom stereocenters. The van der Waals surface area contributed by atoms with Crippen LogP contribution in [0.1, 0.15) is 16.7 Å². The fourth-order valence-electron chi connectivity index (χ4n) is 2.49. The monoisotopic (exact) mass is 306 g/mol. The van der Waals surface area contributed by atoms with Crippen LogP contribution in [-0.4, -0.2) is 10.9 Å². The molecule has 22 heavy (non-hydrogen) atoms. The van der Waals surface area contributed by atoms with E-state index in [-0.39, 0.29) is 0 Å². The van der Waals surface area contributed by atoms with Crippen LogP contribution in [0.5, 0.6) is 0 Å². The van der Waals surface area contributed by atoms with Crippen molar-refractivity contribution in [2.24, 2.45) is 5.16 Å². The molecular weight excluding hydrogens is 296 g/mol. The number of hydrogen-bond donors (Lipinski definition) is 1. The molecule has 0 saturated heterocycles. The molecule has 1 aliphatic carbocycles. The van der Waals surface area contributed by atoms with Gasteiger partial charge in [0.15, 0.2) is 0 Å². The van der Waals surface area contributed by atoms with Gasteiger partial charge < -0.3 is 5.21 Å². The van der Waals surface area contributed by atoms with Gasteiger partial charge in [0, 0.05) is 16.2 Å². The van der Waals surface area contributed by atoms with Crippen molar-refractivity contribution in [3.8, 4) is 6.07 Å². The Morgan fingerprint density at radius 1 is 1.00 bits per heavy atom. The van der Waals surface area contributed by atoms with Gasteiger partial charge in [-0.1, -0.05) is 59.2 Å². The molecule has 0 radical (unpaired) electrons. The molecule has 0 spiro atoms. The number of oxime groups is 1. The summed E-state index contributed by atoms with van der Waals surface area (Å²) in [6.45, 7) is 0. The number of nitriles is 1. The number of allylic oxidation sites excluding steroid dienone is 4. The third-order valence-electron chi connectivity index (χ3n) is 3.52. The van der Waals surface area contributed by atoms with Gasteiger partial charge in [-0.15, -0.1) is 0 Å². The lowest BCUT2D eigenvalue weighted by atomic mass is 9.87. The quantitative estimate of drug-likeness (QED) is 0.478. The molecule has 1 N–H and O–H groups in total. The molecule has 0 amide bonds. The zero-order chi connectivity index (χ0) is 15.5. The summed E-state index contributed by atoms with van der Waals surface area (Å²) >= 11 is 5.91. The van der Waals surface area contributed by atoms with Gasteiger partial charge in [0.1, 0.15) is 11.8 Å². The van der Waals surface area contributed by atoms with Gasteiger partial charge in [0.2, 0.25) is 0 Å². The van der Waals surface area contributed by atoms with Gasteiger partial charge in [-0.3, -0.25) is 0 Å². The van der Waals surface area contributed by atoms with Gasteiger partial charge in [0.25, 0.3) is 0 Å². The number of nitrogens with zero attached hydrogens (tertiary/aromatic N) is 2. The average molecular weight is 307 g/mol. The summed E-state index contributed by atoms with van der Waals surface area (Å²) in [5.41, 5.74) is 4.29. The maximum absolute atomic E-state index is 9.60. The van der Waals surface area contributed by atoms with Crippen molar-refractivity contribution in [2.75, 3.05) is 0 Å². The molecule has 0 bridgehead atoms. The molecule has 0 fully saturated rings. The van der Waals surface area contributed by atoms with E-state index in [4.69, 9.17) is 16.8 Å². The van der Waals surface area contributed by atoms with Crippen molar-refractivity contribution < 1.29 is 5.21 Å². The Morgan fingerprint density at radius 2 is 1.68 bits per heavy atom. The predicted molar refractivity (Wildman–Crippen MR) is 87.8 cm³/mol. The van der Waals surface area contributed by atoms with E-state index in [0.717, 1.165) is 22.3 Å². The number of fused-ring (bicyclic) bond motifs is 1. The van der Waals surface area contributed by atoms with E-state index in [1.54, 1.807) is 24.3 Å². The van der Waals surface area contributed by atoms with Crippen LogP contribution in [0.15, 0.2) is 65.8 Å². The Morgan fingerprint density at radius 3 is 2.32 bits per heavy atom. The van der Waals surface area contributed by atoms with Crippen LogP contribution < -0.4 is 0 Å². The van der Waals surface area contributed by atoms with Crippen LogP contribution in [-0.2, 0) is 0 Å². The second-order valence-corrected chi connectivity index (χ2v) is 5.21. The first kappa shape index (κ1) is 14.1. The minimum Gasteiger partial charge on any atom is -0.410 e. The molecule has 106 valence electrons. The highest BCUT2D eigenvalue weighted by molar-refractivity contribution is 6.30. The lowest BCUT2D eigenvalue weighted by Gasteiger charge is -2.16. The topological polar surface area (TPSA) is 56.4 Å². The van der Waals surface area contributed by atoms with Crippen LogP contribution >= 0.6 is 11.6 Å². The molecule has 0 atom stereocenters. The number of benzene rings is 2. The van der Waals surface area contributed by atoms with Crippen molar-refractivity contribution >= 4 is 28.5 Å². The molecular formula is C18H11ClN2O. The van der Waals surface area contributed by atoms with E-state index in [1.807, 2.05) is 36.4 Å². The summed E-state index contributed by atoms with van der Waals surface area (Å²) in [6, 6.07) is 17.0. The van der Waals surface area contributed by atoms with Crippen molar-refractivity contribution in [3.05, 3.63) is 82.4 Å². The second kappa shape index (κ2) is 5.88. The largest absolute Gasteiger partial charge is 0.410 e. The van der Waals surface area contributed by atoms with Gasteiger partial charge in [-0.25, -0.2) is 0 Å². The second-order valence-electron chi connectivity index (χ2n) is 4.77. The summed E-state index contributed by atoms with van der Waals surface area (Å²) in [4.78, 5) is 0. The highest BCUT2D eigenvalue weighted by atomic mass is 35.5. The standard InChI is InChI=1S/C18H11ClN2O/c19-13-7-5-12(6-8-13)17(11-20)15-9-10-18(21-22)16-4-2-1-3-14(15)16/h1-10,22H/b17-15+,21-18-. The first-order chi connectivity index (χ1) is 10.7. The van der Waals surface area contributed by atoms with E-state index in [2.05, 4.69) is 11.2 Å². The SMILES string of the molecule is N#C/C(=C1C=C/C(=N/O)c2ccccc2/1)c1ccc(Cl)cc1. The summed E-state index contributed by atoms with van der Waals surface area (Å²) in [5, 5.41) is 22.6. The van der Waals surface area contributed by atoms with E-state index >= 15 is 0 Å². The highest BCUT2D eigenvalue weighted by Gasteiger charge is 2.18. The van der Waals surface area contributed by atoms with E-state index in [9.17, 15) is 5.26 Å². The number of rotatable bonds is 1. The predicted octanol–water partition coefficient (Wildman–Crippen LogP) is 4.52. The molecule has 1 aliphatic rings. The Hall–Kier alpha value is -2.83. The molecule has 0 heterocycles. The van der Waals surface area contributed by atoms with Gasteiger partial charge in [-0.05, 0) is 29.3 Å². The third kappa shape index (κ3) is 2.41. The van der Waals surface area contributed by atoms with Crippen LogP contribution in [0, 0.1) is 11.3 Å². The third-order valence-corrected chi connectivity index (χ3v) is 3.77. The summed E-state index contributed by atoms with van der Waals surface area (Å²) in [5.74, 6) is 0. The minimum absolute atomic E-state index is 0.479. The molecule has 2 aromatic carbocycles. The van der Waals surface area contributed by atoms with Crippen molar-refractivity contribution in [3.63, 3.8) is 0 Å². The summed E-state index contributed by atoms with van der Waals surface area (Å²) in [6.07, 6.45) is 3.50. The summed E-state index contributed by atoms with van der Waals surface area (Å²) < 4.78 is 0. The average Bonchev–Trinajstić information content (AvgIpc) is 2.57. The van der Waals surface area contributed by atoms with E-state index in [1.165, 1.54) is 0 Å². The normalized spacial score (nSPS) is 17.0. The first-order valence-electron chi connectivity index (χ1n) is 6.65. The number of halogens is 1. The maximum Gasteiger partial charge on any atom is 0.110 e. The van der Waals surface area contributed by atoms with Crippen molar-refractivity contribution in [1.29, 1.82) is 5.26 Å². The smallest absolute Gasteiger partial charge is 0.110 e. The summed E-state index contributed by atoms with van der Waals surface area (Å²) in [7, 11) is 0. The van der Waals surface area contributed by atoms with Crippen LogP contribution in [0.4, 0.5) is 0 Å². The zero-order valence-corrected chi connectivity index (χ0v) is 12.2. The Bertz CT molecular complexity index is 855. The molecule has 3 nitrogen and oxygen atoms in total. The Kier molecular flexibility index (Phi) is 3.78. The van der Waals surface area contributed by atoms with Gasteiger partial charge in [0.05, 0.1) is 5.57 Å². The fraction of sp³-hybridized carbons (Fsp3) is 0. The van der Waals surface area contributed by atoms with Crippen LogP contribution in [0.2, 0.25) is 5.02 Å². The molecule has 2 aromatic rings. The minimum atomic E-state index is 0.479. The van der Waals surface area contributed by atoms with Gasteiger partial charge >= 0.3 is 0 Å². The lowest BCUT2D eigenvalue weighted by molar-refractivity contribution is 0.320. The Labute approximate surface area is 133 Å². The molecule has 0 saturated carbocycles. The van der Waals surface area contributed by atoms with Gasteiger partial charge in [-0.2, -0.15) is 5.26 Å². The molecule has 4 heteroatoms. The fourth-order valence-corrected chi connectivity index (χ4v) is 2.61. The molecule has 0 aromatic heterocycles. The van der Waals surface area contributed by atoms with E-state index in [0.29, 0.717) is 16.3 Å². The molecule has 0 aliphatic heterocycles. The maximum atomic E-state index is 9.60.